The van der Waals surface area contributed by atoms with Gasteiger partial charge in [0.2, 0.25) is 0 Å². The Morgan fingerprint density at radius 3 is 2.29 bits per heavy atom. The predicted octanol–water partition coefficient (Wildman–Crippen LogP) is 2.47. The molecule has 31 heavy (non-hydrogen) atoms. The number of ether oxygens (including phenoxy) is 1. The van der Waals surface area contributed by atoms with Crippen LogP contribution in [0.15, 0.2) is 29.3 Å². The van der Waals surface area contributed by atoms with Crippen molar-refractivity contribution in [1.29, 1.82) is 0 Å². The van der Waals surface area contributed by atoms with E-state index < -0.39 is 0 Å². The van der Waals surface area contributed by atoms with E-state index in [1.54, 1.807) is 0 Å². The molecule has 0 saturated carbocycles. The van der Waals surface area contributed by atoms with E-state index in [1.165, 1.54) is 0 Å². The average Bonchev–Trinajstić information content (AvgIpc) is 2.76. The molecule has 172 valence electrons. The highest BCUT2D eigenvalue weighted by molar-refractivity contribution is 5.94. The molecule has 1 aromatic carbocycles. The third-order valence-electron chi connectivity index (χ3n) is 6.19. The number of hydrogen-bond acceptors (Lipinski definition) is 4. The van der Waals surface area contributed by atoms with Crippen LogP contribution in [-0.4, -0.2) is 79.2 Å². The topological polar surface area (TPSA) is 69.2 Å². The summed E-state index contributed by atoms with van der Waals surface area (Å²) in [6.07, 6.45) is 2.42. The Bertz CT molecular complexity index is 731. The zero-order valence-corrected chi connectivity index (χ0v) is 19.7. The molecule has 2 N–H and O–H groups in total. The lowest BCUT2D eigenvalue weighted by Gasteiger charge is -2.35. The van der Waals surface area contributed by atoms with Gasteiger partial charge in [-0.1, -0.05) is 12.1 Å². The van der Waals surface area contributed by atoms with Gasteiger partial charge in [0.05, 0.1) is 12.2 Å². The average molecular weight is 430 g/mol. The van der Waals surface area contributed by atoms with Gasteiger partial charge in [-0.3, -0.25) is 9.79 Å². The highest BCUT2D eigenvalue weighted by Crippen LogP contribution is 2.15. The van der Waals surface area contributed by atoms with Gasteiger partial charge in [-0.2, -0.15) is 0 Å². The maximum absolute atomic E-state index is 12.8. The van der Waals surface area contributed by atoms with Crippen molar-refractivity contribution in [3.8, 4) is 0 Å². The highest BCUT2D eigenvalue weighted by Gasteiger charge is 2.26. The Balaban J connectivity index is 1.47. The largest absolute Gasteiger partial charge is 0.372 e. The molecule has 0 spiro atoms. The van der Waals surface area contributed by atoms with Crippen LogP contribution in [0, 0.1) is 0 Å². The van der Waals surface area contributed by atoms with Gasteiger partial charge < -0.3 is 25.2 Å². The van der Waals surface area contributed by atoms with Crippen LogP contribution in [0.2, 0.25) is 0 Å². The predicted molar refractivity (Wildman–Crippen MR) is 125 cm³/mol. The molecule has 2 aliphatic heterocycles. The van der Waals surface area contributed by atoms with Crippen LogP contribution in [-0.2, 0) is 11.3 Å². The third-order valence-corrected chi connectivity index (χ3v) is 6.19. The van der Waals surface area contributed by atoms with Crippen molar-refractivity contribution in [2.45, 2.75) is 71.4 Å². The first-order valence-corrected chi connectivity index (χ1v) is 11.6. The van der Waals surface area contributed by atoms with Crippen LogP contribution in [0.25, 0.3) is 0 Å². The van der Waals surface area contributed by atoms with Crippen LogP contribution >= 0.6 is 0 Å². The lowest BCUT2D eigenvalue weighted by Crippen LogP contribution is -2.49. The number of nitrogens with one attached hydrogen (secondary N) is 2. The van der Waals surface area contributed by atoms with Crippen LogP contribution in [0.3, 0.4) is 0 Å². The molecule has 0 aliphatic carbocycles. The number of hydrogen-bond donors (Lipinski definition) is 2. The van der Waals surface area contributed by atoms with Crippen molar-refractivity contribution in [2.75, 3.05) is 33.2 Å². The maximum Gasteiger partial charge on any atom is 0.254 e. The molecule has 0 aromatic heterocycles. The number of morpholine rings is 1. The zero-order valence-electron chi connectivity index (χ0n) is 19.7. The van der Waals surface area contributed by atoms with E-state index in [0.717, 1.165) is 43.0 Å². The third kappa shape index (κ3) is 6.68. The van der Waals surface area contributed by atoms with E-state index >= 15 is 0 Å². The standard InChI is InChI=1S/C24H39N5O2/c1-17(2)28-12-10-22(11-13-28)27-24(25-5)26-14-20-6-8-21(9-7-20)23(30)29-15-18(3)31-19(4)16-29/h6-9,17-19,22H,10-16H2,1-5H3,(H2,25,26,27). The molecule has 2 fully saturated rings. The lowest BCUT2D eigenvalue weighted by atomic mass is 10.0. The van der Waals surface area contributed by atoms with Crippen LogP contribution in [0.4, 0.5) is 0 Å². The Hall–Kier alpha value is -2.12. The van der Waals surface area contributed by atoms with Gasteiger partial charge in [-0.15, -0.1) is 0 Å². The quantitative estimate of drug-likeness (QED) is 0.556. The number of carbonyl (C=O) groups is 1. The summed E-state index contributed by atoms with van der Waals surface area (Å²) in [5.74, 6) is 0.908. The fourth-order valence-electron chi connectivity index (χ4n) is 4.43. The number of nitrogens with zero attached hydrogens (tertiary/aromatic N) is 3. The SMILES string of the molecule is CN=C(NCc1ccc(C(=O)N2CC(C)OC(C)C2)cc1)NC1CCN(C(C)C)CC1. The van der Waals surface area contributed by atoms with E-state index in [2.05, 4.69) is 34.4 Å². The molecule has 2 atom stereocenters. The molecule has 7 heteroatoms. The molecule has 2 unspecified atom stereocenters. The van der Waals surface area contributed by atoms with Gasteiger partial charge in [0.15, 0.2) is 5.96 Å². The van der Waals surface area contributed by atoms with Crippen molar-refractivity contribution >= 4 is 11.9 Å². The van der Waals surface area contributed by atoms with E-state index in [0.29, 0.717) is 31.7 Å². The molecule has 2 heterocycles. The lowest BCUT2D eigenvalue weighted by molar-refractivity contribution is -0.0586. The monoisotopic (exact) mass is 429 g/mol. The number of benzene rings is 1. The smallest absolute Gasteiger partial charge is 0.254 e. The molecule has 0 bridgehead atoms. The van der Waals surface area contributed by atoms with Crippen LogP contribution in [0.5, 0.6) is 0 Å². The Morgan fingerprint density at radius 2 is 1.74 bits per heavy atom. The summed E-state index contributed by atoms with van der Waals surface area (Å²) in [5.41, 5.74) is 1.85. The minimum absolute atomic E-state index is 0.0757. The molecular weight excluding hydrogens is 390 g/mol. The van der Waals surface area contributed by atoms with Gasteiger partial charge in [-0.05, 0) is 58.2 Å². The van der Waals surface area contributed by atoms with Crippen LogP contribution in [0.1, 0.15) is 56.5 Å². The van der Waals surface area contributed by atoms with Gasteiger partial charge >= 0.3 is 0 Å². The molecule has 7 nitrogen and oxygen atoms in total. The molecule has 3 rings (SSSR count). The summed E-state index contributed by atoms with van der Waals surface area (Å²) in [6, 6.07) is 8.94. The van der Waals surface area contributed by atoms with Gasteiger partial charge in [0, 0.05) is 57.4 Å². The Morgan fingerprint density at radius 1 is 1.13 bits per heavy atom. The van der Waals surface area contributed by atoms with E-state index in [1.807, 2.05) is 50.1 Å². The first-order valence-electron chi connectivity index (χ1n) is 11.6. The number of aliphatic imine (C=N–C) groups is 1. The van der Waals surface area contributed by atoms with Gasteiger partial charge in [0.1, 0.15) is 0 Å². The summed E-state index contributed by atoms with van der Waals surface area (Å²) < 4.78 is 5.73. The number of carbonyl (C=O) groups excluding carboxylic acids is 1. The second-order valence-corrected chi connectivity index (χ2v) is 9.14. The van der Waals surface area contributed by atoms with E-state index in [-0.39, 0.29) is 18.1 Å². The van der Waals surface area contributed by atoms with Crippen molar-refractivity contribution in [1.82, 2.24) is 20.4 Å². The molecular formula is C24H39N5O2. The molecule has 2 aliphatic rings. The Kier molecular flexibility index (Phi) is 8.32. The summed E-state index contributed by atoms with van der Waals surface area (Å²) in [4.78, 5) is 21.6. The number of likely N-dealkylation sites (tertiary alicyclic amines) is 1. The number of amides is 1. The van der Waals surface area contributed by atoms with Gasteiger partial charge in [-0.25, -0.2) is 0 Å². The first kappa shape index (κ1) is 23.5. The zero-order chi connectivity index (χ0) is 22.4. The number of rotatable bonds is 5. The number of guanidine groups is 1. The number of piperidine rings is 1. The summed E-state index contributed by atoms with van der Waals surface area (Å²) in [7, 11) is 1.81. The van der Waals surface area contributed by atoms with Crippen molar-refractivity contribution in [3.63, 3.8) is 0 Å². The maximum atomic E-state index is 12.8. The van der Waals surface area contributed by atoms with E-state index in [9.17, 15) is 4.79 Å². The fourth-order valence-corrected chi connectivity index (χ4v) is 4.43. The highest BCUT2D eigenvalue weighted by atomic mass is 16.5. The molecule has 2 saturated heterocycles. The van der Waals surface area contributed by atoms with Crippen molar-refractivity contribution < 1.29 is 9.53 Å². The van der Waals surface area contributed by atoms with E-state index in [4.69, 9.17) is 4.74 Å². The molecule has 1 amide bonds. The summed E-state index contributed by atoms with van der Waals surface area (Å²) in [5, 5.41) is 6.96. The van der Waals surface area contributed by atoms with Crippen LogP contribution < -0.4 is 10.6 Å². The minimum atomic E-state index is 0.0757. The Labute approximate surface area is 187 Å². The summed E-state index contributed by atoms with van der Waals surface area (Å²) >= 11 is 0. The normalized spacial score (nSPS) is 23.8. The fraction of sp³-hybridized carbons (Fsp3) is 0.667. The minimum Gasteiger partial charge on any atom is -0.372 e. The second kappa shape index (κ2) is 11.0. The first-order chi connectivity index (χ1) is 14.9. The molecule has 1 aromatic rings. The second-order valence-electron chi connectivity index (χ2n) is 9.14. The van der Waals surface area contributed by atoms with Crippen molar-refractivity contribution in [2.24, 2.45) is 4.99 Å². The summed E-state index contributed by atoms with van der Waals surface area (Å²) in [6.45, 7) is 12.8. The molecule has 0 radical (unpaired) electrons. The van der Waals surface area contributed by atoms with Gasteiger partial charge in [0.25, 0.3) is 5.91 Å². The van der Waals surface area contributed by atoms with Crippen molar-refractivity contribution in [3.05, 3.63) is 35.4 Å².